The minimum Gasteiger partial charge on any atom is -0.490 e. The molecule has 98 heavy (non-hydrogen) atoms. The summed E-state index contributed by atoms with van der Waals surface area (Å²) < 4.78 is 18.3. The lowest BCUT2D eigenvalue weighted by Crippen LogP contribution is -2.56. The summed E-state index contributed by atoms with van der Waals surface area (Å²) in [7, 11) is 0. The van der Waals surface area contributed by atoms with Crippen LogP contribution in [0.3, 0.4) is 0 Å². The zero-order valence-corrected chi connectivity index (χ0v) is 60.3. The Labute approximate surface area is 610 Å². The lowest BCUT2D eigenvalue weighted by molar-refractivity contribution is -0.148. The third kappa shape index (κ3) is 21.0. The number of hydrogen-bond donors (Lipinski definition) is 3. The van der Waals surface area contributed by atoms with Gasteiger partial charge in [-0.05, 0) is 187 Å². The van der Waals surface area contributed by atoms with Crippen molar-refractivity contribution in [1.29, 1.82) is 0 Å². The number of aliphatic carboxylic acids is 3. The van der Waals surface area contributed by atoms with Gasteiger partial charge in [-0.15, -0.1) is 0 Å². The molecule has 6 saturated heterocycles. The van der Waals surface area contributed by atoms with Crippen LogP contribution in [-0.4, -0.2) is 179 Å². The molecule has 6 aromatic carbocycles. The molecule has 0 unspecified atom stereocenters. The number of ether oxygens (including phenoxy) is 3. The third-order valence-electron chi connectivity index (χ3n) is 20.1. The van der Waals surface area contributed by atoms with Crippen molar-refractivity contribution in [2.75, 3.05) is 90.0 Å². The Kier molecular flexibility index (Phi) is 27.5. The zero-order chi connectivity index (χ0) is 69.4. The quantitative estimate of drug-likeness (QED) is 0.0698. The number of hydrogen-bond acceptors (Lipinski definition) is 12. The van der Waals surface area contributed by atoms with E-state index in [0.29, 0.717) is 79.8 Å². The van der Waals surface area contributed by atoms with Crippen molar-refractivity contribution in [3.05, 3.63) is 185 Å². The van der Waals surface area contributed by atoms with E-state index in [9.17, 15) is 29.4 Å². The maximum Gasteiger partial charge on any atom is 0.325 e. The molecule has 6 aliphatic heterocycles. The molecule has 3 N–H and O–H groups in total. The van der Waals surface area contributed by atoms with Crippen molar-refractivity contribution in [1.82, 2.24) is 24.5 Å². The van der Waals surface area contributed by atoms with Gasteiger partial charge in [0, 0.05) is 117 Å². The fourth-order valence-electron chi connectivity index (χ4n) is 14.5. The molecule has 0 aliphatic carbocycles. The maximum absolute atomic E-state index is 12.8. The van der Waals surface area contributed by atoms with E-state index in [2.05, 4.69) is 36.6 Å². The normalized spacial score (nSPS) is 20.3. The van der Waals surface area contributed by atoms with Gasteiger partial charge in [0.1, 0.15) is 47.6 Å². The average Bonchev–Trinajstić information content (AvgIpc) is 0.807. The number of carboxylic acids is 3. The van der Waals surface area contributed by atoms with Crippen molar-refractivity contribution < 1.29 is 53.0 Å². The second kappa shape index (κ2) is 36.0. The van der Waals surface area contributed by atoms with Crippen LogP contribution in [0.25, 0.3) is 0 Å². The molecule has 3 atom stereocenters. The van der Waals surface area contributed by atoms with Gasteiger partial charge in [0.05, 0.1) is 31.5 Å². The first-order valence-corrected chi connectivity index (χ1v) is 36.7. The first-order valence-electron chi connectivity index (χ1n) is 34.4. The lowest BCUT2D eigenvalue weighted by Gasteiger charge is -2.44. The molecule has 6 heterocycles. The Hall–Kier alpha value is -6.02. The highest BCUT2D eigenvalue weighted by Gasteiger charge is 2.40. The summed E-state index contributed by atoms with van der Waals surface area (Å²) in [4.78, 5) is 61.4. The second-order valence-electron chi connectivity index (χ2n) is 26.9. The summed E-state index contributed by atoms with van der Waals surface area (Å²) in [6.07, 6.45) is 11.4. The van der Waals surface area contributed by atoms with E-state index in [1.165, 1.54) is 18.5 Å². The number of halogens is 6. The van der Waals surface area contributed by atoms with E-state index in [4.69, 9.17) is 88.9 Å². The largest absolute Gasteiger partial charge is 0.490 e. The predicted molar refractivity (Wildman–Crippen MR) is 396 cm³/mol. The number of anilines is 1. The predicted octanol–water partition coefficient (Wildman–Crippen LogP) is 16.7. The Bertz CT molecular complexity index is 3610. The van der Waals surface area contributed by atoms with E-state index in [1.54, 1.807) is 36.4 Å². The number of aryl methyl sites for hydroxylation is 1. The van der Waals surface area contributed by atoms with Gasteiger partial charge < -0.3 is 49.1 Å². The van der Waals surface area contributed by atoms with Gasteiger partial charge in [-0.3, -0.25) is 29.0 Å². The molecule has 1 amide bonds. The highest BCUT2D eigenvalue weighted by Crippen LogP contribution is 2.38. The van der Waals surface area contributed by atoms with E-state index in [0.717, 1.165) is 156 Å². The van der Waals surface area contributed by atoms with Gasteiger partial charge in [-0.25, -0.2) is 0 Å². The molecule has 0 spiro atoms. The SMILES string of the molecule is Cc1ccc(C(=O)N2CCC(N3CC[C@@H](Oc4ccc(Cl)c(C)c4Cl)C[C@@H]3C(=O)O)CC2)cc1.O=C(O)Cc1ccc(N2CCC(CN3CCC(Oc4ccc(Cl)c(Cl)c4)CC3)CC2)cc1.O=C(O)[C@H](c1ccccc1)N1CCC(CN2CCC(Oc3ccc(Cl)c(Cl)c3)CC2)CC1.[HH].[HH].[HH]. The van der Waals surface area contributed by atoms with Crippen molar-refractivity contribution >= 4 is 99.1 Å². The molecule has 0 bridgehead atoms. The molecule has 6 aromatic rings. The van der Waals surface area contributed by atoms with Crippen molar-refractivity contribution in [2.45, 2.75) is 134 Å². The number of carbonyl (C=O) groups excluding carboxylic acids is 1. The van der Waals surface area contributed by atoms with Crippen LogP contribution in [0.1, 0.15) is 120 Å². The molecule has 0 saturated carbocycles. The number of nitrogens with zero attached hydrogens (tertiary/aromatic N) is 6. The van der Waals surface area contributed by atoms with Gasteiger partial charge in [-0.2, -0.15) is 0 Å². The van der Waals surface area contributed by atoms with Gasteiger partial charge >= 0.3 is 17.9 Å². The summed E-state index contributed by atoms with van der Waals surface area (Å²) in [5.41, 5.74) is 5.47. The van der Waals surface area contributed by atoms with E-state index >= 15 is 0 Å². The van der Waals surface area contributed by atoms with Crippen molar-refractivity contribution in [3.63, 3.8) is 0 Å². The maximum atomic E-state index is 12.8. The Morgan fingerprint density at radius 3 is 1.55 bits per heavy atom. The van der Waals surface area contributed by atoms with Crippen LogP contribution < -0.4 is 19.1 Å². The van der Waals surface area contributed by atoms with E-state index < -0.39 is 30.0 Å². The lowest BCUT2D eigenvalue weighted by atomic mass is 9.93. The molecular formula is C76H96Cl6N6O10. The molecule has 0 radical (unpaired) electrons. The van der Waals surface area contributed by atoms with Crippen LogP contribution in [0, 0.1) is 25.7 Å². The second-order valence-corrected chi connectivity index (χ2v) is 29.3. The first-order chi connectivity index (χ1) is 47.2. The average molecular weight is 1470 g/mol. The standard InChI is InChI=1S/C26H30Cl2N2O4.2C25H30Cl2N2O3.3H2/c1-16-3-5-18(6-4-16)25(31)29-12-9-19(10-13-29)30-14-11-20(15-22(30)26(32)33)34-23-8-7-21(27)17(2)24(23)28;26-23-6-5-22(16-24(23)27)32-21-9-11-28(12-10-21)17-19-7-13-29(14-8-19)20-3-1-18(2-4-20)15-25(30)31;26-22-7-6-21(16-23(22)27)32-20-10-12-28(13-11-20)17-18-8-14-29(15-9-18)24(25(30)31)19-4-2-1-3-5-19;;;/h3-8,19-20,22H,9-15H2,1-2H3,(H,32,33);1-6,16,19,21H,7-15,17H2,(H,30,31);1-7,16,18,20,24H,8-15,17H2,(H,30,31);3*1H/t20-,22-;;24-;;;/m1.0.../s1. The van der Waals surface area contributed by atoms with Crippen molar-refractivity contribution in [2.24, 2.45) is 11.8 Å². The monoisotopic (exact) mass is 1460 g/mol. The minimum absolute atomic E-state index is 0. The fourth-order valence-corrected chi connectivity index (χ4v) is 15.5. The zero-order valence-electron chi connectivity index (χ0n) is 55.8. The number of carboxylic acid groups (broad SMARTS) is 3. The van der Waals surface area contributed by atoms with Crippen LogP contribution >= 0.6 is 69.6 Å². The van der Waals surface area contributed by atoms with E-state index in [-0.39, 0.29) is 41.0 Å². The Balaban J connectivity index is 0.000000210. The number of likely N-dealkylation sites (tertiary alicyclic amines) is 5. The minimum atomic E-state index is -0.843. The van der Waals surface area contributed by atoms with E-state index in [1.807, 2.05) is 97.6 Å². The van der Waals surface area contributed by atoms with Crippen LogP contribution in [0.2, 0.25) is 30.1 Å². The number of rotatable bonds is 19. The fraction of sp³-hybridized carbons (Fsp3) is 0.474. The molecule has 16 nitrogen and oxygen atoms in total. The molecule has 6 fully saturated rings. The third-order valence-corrected chi connectivity index (χ3v) is 22.5. The van der Waals surface area contributed by atoms with Crippen LogP contribution in [0.4, 0.5) is 5.69 Å². The van der Waals surface area contributed by atoms with Crippen LogP contribution in [0.5, 0.6) is 17.2 Å². The smallest absolute Gasteiger partial charge is 0.325 e. The van der Waals surface area contributed by atoms with Gasteiger partial charge in [-0.1, -0.05) is 130 Å². The first kappa shape index (κ1) is 74.7. The number of amides is 1. The van der Waals surface area contributed by atoms with Crippen LogP contribution in [0.15, 0.2) is 127 Å². The number of piperidine rings is 6. The Morgan fingerprint density at radius 1 is 0.520 bits per heavy atom. The van der Waals surface area contributed by atoms with Crippen LogP contribution in [-0.2, 0) is 20.8 Å². The Morgan fingerprint density at radius 2 is 1.04 bits per heavy atom. The number of benzene rings is 6. The van der Waals surface area contributed by atoms with Gasteiger partial charge in [0.15, 0.2) is 0 Å². The molecule has 0 aromatic heterocycles. The van der Waals surface area contributed by atoms with Gasteiger partial charge in [0.25, 0.3) is 5.91 Å². The summed E-state index contributed by atoms with van der Waals surface area (Å²) in [5.74, 6) is 1.09. The summed E-state index contributed by atoms with van der Waals surface area (Å²) >= 11 is 36.7. The molecule has 12 rings (SSSR count). The molecule has 22 heteroatoms. The topological polar surface area (TPSA) is 176 Å². The summed E-state index contributed by atoms with van der Waals surface area (Å²) in [5, 5.41) is 31.9. The number of carbonyl (C=O) groups is 4. The van der Waals surface area contributed by atoms with Crippen molar-refractivity contribution in [3.8, 4) is 17.2 Å². The summed E-state index contributed by atoms with van der Waals surface area (Å²) in [6.45, 7) is 15.9. The molecule has 6 aliphatic rings. The van der Waals surface area contributed by atoms with Gasteiger partial charge in [0.2, 0.25) is 0 Å². The molecular weight excluding hydrogens is 1370 g/mol. The highest BCUT2D eigenvalue weighted by molar-refractivity contribution is 6.42. The molecule has 532 valence electrons. The summed E-state index contributed by atoms with van der Waals surface area (Å²) in [6, 6.07) is 38.5. The highest BCUT2D eigenvalue weighted by atomic mass is 35.5.